The Morgan fingerprint density at radius 1 is 1.26 bits per heavy atom. The molecular formula is C24H29FN4O5. The number of nitriles is 1. The van der Waals surface area contributed by atoms with Crippen molar-refractivity contribution in [3.8, 4) is 6.07 Å². The minimum atomic E-state index is -0.663. The van der Waals surface area contributed by atoms with Crippen LogP contribution in [0, 0.1) is 24.1 Å². The zero-order valence-electron chi connectivity index (χ0n) is 19.1. The molecule has 0 spiro atoms. The molecule has 1 aliphatic rings. The number of ether oxygens (including phenoxy) is 1. The molecule has 34 heavy (non-hydrogen) atoms. The van der Waals surface area contributed by atoms with E-state index in [2.05, 4.69) is 5.32 Å². The average molecular weight is 473 g/mol. The number of unbranched alkanes of at least 4 members (excludes halogenated alkanes) is 3. The zero-order valence-corrected chi connectivity index (χ0v) is 19.1. The summed E-state index contributed by atoms with van der Waals surface area (Å²) in [6, 6.07) is 5.36. The molecular weight excluding hydrogens is 443 g/mol. The number of nitrogens with zero attached hydrogens (tertiary/aromatic N) is 3. The van der Waals surface area contributed by atoms with Crippen molar-refractivity contribution in [2.24, 2.45) is 0 Å². The number of hydrogen-bond donors (Lipinski definition) is 2. The Bertz CT molecular complexity index is 1180. The van der Waals surface area contributed by atoms with Crippen LogP contribution in [0.2, 0.25) is 0 Å². The quantitative estimate of drug-likeness (QED) is 0.509. The average Bonchev–Trinajstić information content (AvgIpc) is 3.32. The molecule has 2 atom stereocenters. The van der Waals surface area contributed by atoms with Gasteiger partial charge in [-0.25, -0.2) is 9.18 Å². The van der Waals surface area contributed by atoms with Crippen molar-refractivity contribution in [2.45, 2.75) is 64.3 Å². The molecule has 2 aromatic rings. The van der Waals surface area contributed by atoms with Gasteiger partial charge >= 0.3 is 5.69 Å². The Balaban J connectivity index is 1.46. The van der Waals surface area contributed by atoms with Gasteiger partial charge in [0.05, 0.1) is 18.3 Å². The largest absolute Gasteiger partial charge is 0.394 e. The number of nitrogens with one attached hydrogen (secondary N) is 1. The van der Waals surface area contributed by atoms with E-state index in [0.717, 1.165) is 18.9 Å². The Morgan fingerprint density at radius 2 is 2.03 bits per heavy atom. The van der Waals surface area contributed by atoms with Gasteiger partial charge in [-0.1, -0.05) is 12.8 Å². The Morgan fingerprint density at radius 3 is 2.74 bits per heavy atom. The molecule has 3 rings (SSSR count). The molecule has 1 aliphatic heterocycles. The van der Waals surface area contributed by atoms with Crippen molar-refractivity contribution in [3.05, 3.63) is 67.7 Å². The lowest BCUT2D eigenvalue weighted by Crippen LogP contribution is -2.42. The summed E-state index contributed by atoms with van der Waals surface area (Å²) in [5, 5.41) is 20.9. The normalized spacial score (nSPS) is 17.5. The predicted octanol–water partition coefficient (Wildman–Crippen LogP) is 1.99. The number of rotatable bonds is 10. The number of amides is 1. The smallest absolute Gasteiger partial charge is 0.333 e. The molecule has 0 saturated carbocycles. The fourth-order valence-corrected chi connectivity index (χ4v) is 3.99. The van der Waals surface area contributed by atoms with Crippen LogP contribution in [0.3, 0.4) is 0 Å². The van der Waals surface area contributed by atoms with E-state index < -0.39 is 17.7 Å². The summed E-state index contributed by atoms with van der Waals surface area (Å²) < 4.78 is 21.7. The summed E-state index contributed by atoms with van der Waals surface area (Å²) in [5.41, 5.74) is -0.224. The summed E-state index contributed by atoms with van der Waals surface area (Å²) in [6.07, 6.45) is 4.87. The van der Waals surface area contributed by atoms with Crippen molar-refractivity contribution in [1.82, 2.24) is 14.5 Å². The fourth-order valence-electron chi connectivity index (χ4n) is 3.99. The molecule has 2 N–H and O–H groups in total. The first-order valence-electron chi connectivity index (χ1n) is 11.4. The van der Waals surface area contributed by atoms with Crippen LogP contribution in [-0.4, -0.2) is 39.4 Å². The van der Waals surface area contributed by atoms with E-state index in [-0.39, 0.29) is 41.8 Å². The van der Waals surface area contributed by atoms with Crippen LogP contribution in [0.4, 0.5) is 4.39 Å². The molecule has 1 aromatic carbocycles. The summed E-state index contributed by atoms with van der Waals surface area (Å²) in [7, 11) is 0. The third-order valence-corrected chi connectivity index (χ3v) is 5.91. The monoisotopic (exact) mass is 472 g/mol. The maximum Gasteiger partial charge on any atom is 0.333 e. The van der Waals surface area contributed by atoms with Crippen LogP contribution in [-0.2, 0) is 11.3 Å². The second-order valence-electron chi connectivity index (χ2n) is 8.41. The van der Waals surface area contributed by atoms with Crippen LogP contribution in [0.5, 0.6) is 0 Å². The lowest BCUT2D eigenvalue weighted by Gasteiger charge is -2.17. The third-order valence-electron chi connectivity index (χ3n) is 5.91. The highest BCUT2D eigenvalue weighted by molar-refractivity contribution is 5.94. The summed E-state index contributed by atoms with van der Waals surface area (Å²) in [4.78, 5) is 37.5. The lowest BCUT2D eigenvalue weighted by molar-refractivity contribution is -0.0253. The van der Waals surface area contributed by atoms with E-state index in [0.29, 0.717) is 37.8 Å². The number of aryl methyl sites for hydroxylation is 1. The van der Waals surface area contributed by atoms with Crippen molar-refractivity contribution in [2.75, 3.05) is 13.2 Å². The molecule has 0 radical (unpaired) electrons. The van der Waals surface area contributed by atoms with Gasteiger partial charge in [-0.15, -0.1) is 0 Å². The molecule has 0 aliphatic carbocycles. The Labute approximate surface area is 196 Å². The van der Waals surface area contributed by atoms with Crippen LogP contribution < -0.4 is 16.6 Å². The number of aliphatic hydroxyl groups is 1. The molecule has 1 amide bonds. The summed E-state index contributed by atoms with van der Waals surface area (Å²) in [5.74, 6) is -1.04. The topological polar surface area (TPSA) is 126 Å². The molecule has 1 fully saturated rings. The van der Waals surface area contributed by atoms with E-state index in [4.69, 9.17) is 10.00 Å². The van der Waals surface area contributed by atoms with Gasteiger partial charge in [0.25, 0.3) is 11.5 Å². The van der Waals surface area contributed by atoms with Crippen LogP contribution in [0.1, 0.15) is 66.2 Å². The van der Waals surface area contributed by atoms with E-state index in [9.17, 15) is 23.9 Å². The first kappa shape index (κ1) is 25.3. The second-order valence-corrected chi connectivity index (χ2v) is 8.41. The summed E-state index contributed by atoms with van der Waals surface area (Å²) >= 11 is 0. The molecule has 9 nitrogen and oxygen atoms in total. The van der Waals surface area contributed by atoms with E-state index in [1.54, 1.807) is 13.0 Å². The molecule has 0 bridgehead atoms. The SMILES string of the molecule is Cc1cn([C@H]2CC[C@@H](CO)O2)c(=O)n(CCCCCCNC(=O)c2ccc(F)c(C#N)c2)c1=O. The number of halogens is 1. The minimum Gasteiger partial charge on any atom is -0.394 e. The molecule has 1 aromatic heterocycles. The van der Waals surface area contributed by atoms with Gasteiger partial charge in [0, 0.05) is 30.4 Å². The second kappa shape index (κ2) is 11.7. The lowest BCUT2D eigenvalue weighted by atomic mass is 10.1. The molecule has 1 saturated heterocycles. The Kier molecular flexibility index (Phi) is 8.73. The van der Waals surface area contributed by atoms with Gasteiger partial charge in [-0.3, -0.25) is 18.7 Å². The number of aliphatic hydroxyl groups excluding tert-OH is 1. The van der Waals surface area contributed by atoms with E-state index in [1.165, 1.54) is 27.5 Å². The number of hydrogen-bond acceptors (Lipinski definition) is 6. The minimum absolute atomic E-state index is 0.102. The predicted molar refractivity (Wildman–Crippen MR) is 122 cm³/mol. The maximum absolute atomic E-state index is 13.4. The third kappa shape index (κ3) is 5.98. The van der Waals surface area contributed by atoms with Crippen molar-refractivity contribution in [1.29, 1.82) is 5.26 Å². The number of carbonyl (C=O) groups is 1. The van der Waals surface area contributed by atoms with E-state index >= 15 is 0 Å². The Hall–Kier alpha value is -3.29. The summed E-state index contributed by atoms with van der Waals surface area (Å²) in [6.45, 7) is 2.26. The van der Waals surface area contributed by atoms with Crippen LogP contribution in [0.15, 0.2) is 34.0 Å². The van der Waals surface area contributed by atoms with Gasteiger partial charge in [0.2, 0.25) is 0 Å². The fraction of sp³-hybridized carbons (Fsp3) is 0.500. The van der Waals surface area contributed by atoms with E-state index in [1.807, 2.05) is 0 Å². The van der Waals surface area contributed by atoms with Gasteiger partial charge < -0.3 is 15.2 Å². The number of aromatic nitrogens is 2. The highest BCUT2D eigenvalue weighted by Gasteiger charge is 2.27. The van der Waals surface area contributed by atoms with Gasteiger partial charge in [-0.2, -0.15) is 5.26 Å². The van der Waals surface area contributed by atoms with Gasteiger partial charge in [0.15, 0.2) is 0 Å². The van der Waals surface area contributed by atoms with Gasteiger partial charge in [-0.05, 0) is 50.8 Å². The first-order valence-corrected chi connectivity index (χ1v) is 11.4. The van der Waals surface area contributed by atoms with Crippen molar-refractivity contribution in [3.63, 3.8) is 0 Å². The molecule has 0 unspecified atom stereocenters. The molecule has 2 heterocycles. The maximum atomic E-state index is 13.4. The highest BCUT2D eigenvalue weighted by atomic mass is 19.1. The first-order chi connectivity index (χ1) is 16.3. The highest BCUT2D eigenvalue weighted by Crippen LogP contribution is 2.26. The number of carbonyl (C=O) groups excluding carboxylic acids is 1. The van der Waals surface area contributed by atoms with Crippen molar-refractivity contribution < 1.29 is 19.0 Å². The standard InChI is InChI=1S/C24H29FN4O5/c1-16-14-29(21-9-7-19(15-30)34-21)24(33)28(23(16)32)11-5-3-2-4-10-27-22(31)17-6-8-20(25)18(12-17)13-26/h6,8,12,14,19,21,30H,2-5,7,9-11,15H2,1H3,(H,27,31)/t19-,21+/m0/s1. The zero-order chi connectivity index (χ0) is 24.7. The number of benzene rings is 1. The van der Waals surface area contributed by atoms with Gasteiger partial charge in [0.1, 0.15) is 18.1 Å². The molecule has 182 valence electrons. The molecule has 10 heteroatoms. The van der Waals surface area contributed by atoms with Crippen LogP contribution >= 0.6 is 0 Å². The van der Waals surface area contributed by atoms with Crippen molar-refractivity contribution >= 4 is 5.91 Å². The van der Waals surface area contributed by atoms with Crippen LogP contribution in [0.25, 0.3) is 0 Å².